The monoisotopic (exact) mass is 454 g/mol. The number of piperazine rings is 1. The van der Waals surface area contributed by atoms with E-state index in [1.807, 2.05) is 18.7 Å². The van der Waals surface area contributed by atoms with Gasteiger partial charge in [0.1, 0.15) is 18.1 Å². The molecule has 2 N–H and O–H groups in total. The van der Waals surface area contributed by atoms with Crippen molar-refractivity contribution in [2.75, 3.05) is 32.7 Å². The zero-order valence-electron chi connectivity index (χ0n) is 18.6. The number of piperidine rings is 1. The van der Waals surface area contributed by atoms with Crippen LogP contribution in [0.4, 0.5) is 0 Å². The van der Waals surface area contributed by atoms with E-state index in [0.29, 0.717) is 38.5 Å². The Kier molecular flexibility index (Phi) is 6.52. The van der Waals surface area contributed by atoms with Gasteiger partial charge in [-0.2, -0.15) is 0 Å². The number of likely N-dealkylation sites (tertiary alicyclic amines) is 1. The van der Waals surface area contributed by atoms with Crippen molar-refractivity contribution in [2.24, 2.45) is 5.92 Å². The number of halogens is 1. The first kappa shape index (κ1) is 22.8. The molecular formula is C22H35ClN4O4. The lowest BCUT2D eigenvalue weighted by molar-refractivity contribution is -0.185. The summed E-state index contributed by atoms with van der Waals surface area (Å²) >= 11 is 6.27. The van der Waals surface area contributed by atoms with Crippen molar-refractivity contribution in [1.82, 2.24) is 20.0 Å². The van der Waals surface area contributed by atoms with Gasteiger partial charge < -0.3 is 20.2 Å². The molecule has 8 nitrogen and oxygen atoms in total. The molecule has 1 spiro atoms. The fourth-order valence-corrected chi connectivity index (χ4v) is 6.04. The van der Waals surface area contributed by atoms with Crippen LogP contribution in [0.25, 0.3) is 0 Å². The lowest BCUT2D eigenvalue weighted by Gasteiger charge is -2.61. The molecule has 9 heteroatoms. The van der Waals surface area contributed by atoms with E-state index in [9.17, 15) is 19.5 Å². The number of rotatable bonds is 5. The number of nitrogens with zero attached hydrogens (tertiary/aromatic N) is 3. The quantitative estimate of drug-likeness (QED) is 0.605. The van der Waals surface area contributed by atoms with E-state index in [-0.39, 0.29) is 35.8 Å². The molecule has 4 aliphatic rings. The minimum absolute atomic E-state index is 0.0218. The Morgan fingerprint density at radius 1 is 1.19 bits per heavy atom. The van der Waals surface area contributed by atoms with Gasteiger partial charge in [-0.1, -0.05) is 0 Å². The third-order valence-corrected chi connectivity index (χ3v) is 8.18. The number of alkyl halides is 1. The molecule has 2 amide bonds. The normalized spacial score (nSPS) is 34.3. The van der Waals surface area contributed by atoms with E-state index < -0.39 is 17.6 Å². The molecule has 1 aliphatic carbocycles. The molecule has 0 aromatic rings. The van der Waals surface area contributed by atoms with Crippen LogP contribution in [0, 0.1) is 5.92 Å². The summed E-state index contributed by atoms with van der Waals surface area (Å²) in [5.74, 6) is -0.354. The SMILES string of the molecule is CC(C)N1CC(=O)N(CC2CCC(Cl)CC2)C2(CN(C3CCNC(C(=O)O)C3)C2)C1=O. The summed E-state index contributed by atoms with van der Waals surface area (Å²) in [7, 11) is 0. The summed E-state index contributed by atoms with van der Waals surface area (Å²) in [4.78, 5) is 44.1. The fraction of sp³-hybridized carbons (Fsp3) is 0.864. The van der Waals surface area contributed by atoms with Crippen molar-refractivity contribution < 1.29 is 19.5 Å². The third-order valence-electron chi connectivity index (χ3n) is 7.74. The zero-order chi connectivity index (χ0) is 22.3. The van der Waals surface area contributed by atoms with E-state index in [0.717, 1.165) is 32.1 Å². The number of nitrogens with one attached hydrogen (secondary N) is 1. The Labute approximate surface area is 189 Å². The number of carboxylic acids is 1. The topological polar surface area (TPSA) is 93.2 Å². The summed E-state index contributed by atoms with van der Waals surface area (Å²) in [5, 5.41) is 12.7. The van der Waals surface area contributed by atoms with Gasteiger partial charge in [-0.05, 0) is 64.8 Å². The highest BCUT2D eigenvalue weighted by Gasteiger charge is 2.61. The van der Waals surface area contributed by atoms with Crippen LogP contribution in [-0.2, 0) is 14.4 Å². The zero-order valence-corrected chi connectivity index (χ0v) is 19.3. The second kappa shape index (κ2) is 8.87. The summed E-state index contributed by atoms with van der Waals surface area (Å²) in [6, 6.07) is -0.446. The number of amides is 2. The number of carboxylic acid groups (broad SMARTS) is 1. The average molecular weight is 455 g/mol. The minimum Gasteiger partial charge on any atom is -0.480 e. The maximum Gasteiger partial charge on any atom is 0.320 e. The van der Waals surface area contributed by atoms with Crippen LogP contribution in [-0.4, -0.2) is 99.4 Å². The second-order valence-corrected chi connectivity index (χ2v) is 10.7. The molecular weight excluding hydrogens is 420 g/mol. The largest absolute Gasteiger partial charge is 0.480 e. The lowest BCUT2D eigenvalue weighted by atomic mass is 9.79. The first-order valence-corrected chi connectivity index (χ1v) is 12.1. The first-order valence-electron chi connectivity index (χ1n) is 11.7. The average Bonchev–Trinajstić information content (AvgIpc) is 2.70. The predicted molar refractivity (Wildman–Crippen MR) is 117 cm³/mol. The van der Waals surface area contributed by atoms with E-state index in [1.54, 1.807) is 4.90 Å². The smallest absolute Gasteiger partial charge is 0.320 e. The molecule has 0 aromatic heterocycles. The summed E-state index contributed by atoms with van der Waals surface area (Å²) in [6.45, 7) is 6.34. The predicted octanol–water partition coefficient (Wildman–Crippen LogP) is 1.12. The molecule has 0 radical (unpaired) electrons. The van der Waals surface area contributed by atoms with Gasteiger partial charge in [0.05, 0.1) is 0 Å². The molecule has 0 aromatic carbocycles. The number of aliphatic carboxylic acids is 1. The van der Waals surface area contributed by atoms with Crippen LogP contribution in [0.2, 0.25) is 0 Å². The molecule has 31 heavy (non-hydrogen) atoms. The minimum atomic E-state index is -0.827. The standard InChI is InChI=1S/C22H35ClN4O4/c1-14(2)26-11-19(28)27(10-15-3-5-16(23)6-4-15)22(21(26)31)12-25(13-22)17-7-8-24-18(9-17)20(29)30/h14-18,24H,3-13H2,1-2H3,(H,29,30). The van der Waals surface area contributed by atoms with Crippen molar-refractivity contribution in [3.8, 4) is 0 Å². The Morgan fingerprint density at radius 2 is 1.87 bits per heavy atom. The van der Waals surface area contributed by atoms with Crippen molar-refractivity contribution in [1.29, 1.82) is 0 Å². The summed E-state index contributed by atoms with van der Waals surface area (Å²) in [5.41, 5.74) is -0.805. The van der Waals surface area contributed by atoms with Gasteiger partial charge in [-0.3, -0.25) is 19.3 Å². The van der Waals surface area contributed by atoms with E-state index in [1.165, 1.54) is 0 Å². The molecule has 2 unspecified atom stereocenters. The van der Waals surface area contributed by atoms with Crippen molar-refractivity contribution in [3.05, 3.63) is 0 Å². The van der Waals surface area contributed by atoms with Gasteiger partial charge in [0.25, 0.3) is 5.91 Å². The van der Waals surface area contributed by atoms with Crippen LogP contribution in [0.15, 0.2) is 0 Å². The highest BCUT2D eigenvalue weighted by molar-refractivity contribution is 6.20. The number of hydrogen-bond donors (Lipinski definition) is 2. The van der Waals surface area contributed by atoms with Crippen LogP contribution in [0.5, 0.6) is 0 Å². The Bertz CT molecular complexity index is 718. The van der Waals surface area contributed by atoms with Crippen LogP contribution in [0.1, 0.15) is 52.4 Å². The van der Waals surface area contributed by atoms with Gasteiger partial charge in [0, 0.05) is 37.1 Å². The van der Waals surface area contributed by atoms with Crippen LogP contribution >= 0.6 is 11.6 Å². The second-order valence-electron chi connectivity index (χ2n) is 10.1. The Balaban J connectivity index is 1.50. The van der Waals surface area contributed by atoms with Gasteiger partial charge in [0.2, 0.25) is 5.91 Å². The molecule has 3 saturated heterocycles. The Hall–Kier alpha value is -1.38. The molecule has 2 atom stereocenters. The molecule has 4 rings (SSSR count). The number of hydrogen-bond acceptors (Lipinski definition) is 5. The molecule has 3 heterocycles. The molecule has 0 bridgehead atoms. The molecule has 4 fully saturated rings. The summed E-state index contributed by atoms with van der Waals surface area (Å²) < 4.78 is 0. The lowest BCUT2D eigenvalue weighted by Crippen LogP contribution is -2.82. The Morgan fingerprint density at radius 3 is 2.48 bits per heavy atom. The maximum absolute atomic E-state index is 13.6. The van der Waals surface area contributed by atoms with Crippen LogP contribution in [0.3, 0.4) is 0 Å². The molecule has 174 valence electrons. The first-order chi connectivity index (χ1) is 14.7. The maximum atomic E-state index is 13.6. The van der Waals surface area contributed by atoms with E-state index in [4.69, 9.17) is 11.6 Å². The van der Waals surface area contributed by atoms with Gasteiger partial charge in [-0.15, -0.1) is 11.6 Å². The third kappa shape index (κ3) is 4.31. The van der Waals surface area contributed by atoms with Crippen molar-refractivity contribution in [3.63, 3.8) is 0 Å². The number of carbonyl (C=O) groups is 3. The highest BCUT2D eigenvalue weighted by Crippen LogP contribution is 2.39. The van der Waals surface area contributed by atoms with E-state index in [2.05, 4.69) is 10.2 Å². The summed E-state index contributed by atoms with van der Waals surface area (Å²) in [6.07, 6.45) is 5.30. The van der Waals surface area contributed by atoms with E-state index >= 15 is 0 Å². The van der Waals surface area contributed by atoms with Gasteiger partial charge in [0.15, 0.2) is 0 Å². The fourth-order valence-electron chi connectivity index (χ4n) is 5.79. The highest BCUT2D eigenvalue weighted by atomic mass is 35.5. The van der Waals surface area contributed by atoms with Crippen LogP contribution < -0.4 is 5.32 Å². The molecule has 1 saturated carbocycles. The number of carbonyl (C=O) groups excluding carboxylic acids is 2. The van der Waals surface area contributed by atoms with Crippen molar-refractivity contribution >= 4 is 29.4 Å². The van der Waals surface area contributed by atoms with Gasteiger partial charge >= 0.3 is 5.97 Å². The van der Waals surface area contributed by atoms with Crippen molar-refractivity contribution in [2.45, 2.75) is 81.4 Å². The van der Waals surface area contributed by atoms with Gasteiger partial charge in [-0.25, -0.2) is 0 Å². The molecule has 3 aliphatic heterocycles.